The van der Waals surface area contributed by atoms with Crippen molar-refractivity contribution in [3.8, 4) is 5.75 Å². The molecule has 2 aliphatic heterocycles. The van der Waals surface area contributed by atoms with E-state index in [0.717, 1.165) is 28.7 Å². The molecule has 1 saturated heterocycles. The number of ketones is 1. The predicted octanol–water partition coefficient (Wildman–Crippen LogP) is 1.69. The van der Waals surface area contributed by atoms with Crippen LogP contribution in [0.25, 0.3) is 0 Å². The lowest BCUT2D eigenvalue weighted by Gasteiger charge is -2.64. The molecular formula is C26H33N2O7+. The van der Waals surface area contributed by atoms with Crippen molar-refractivity contribution in [3.63, 3.8) is 0 Å². The zero-order chi connectivity index (χ0) is 24.8. The third kappa shape index (κ3) is 3.10. The van der Waals surface area contributed by atoms with Crippen molar-refractivity contribution in [1.82, 2.24) is 0 Å². The van der Waals surface area contributed by atoms with E-state index in [1.165, 1.54) is 12.8 Å². The van der Waals surface area contributed by atoms with Crippen LogP contribution in [-0.4, -0.2) is 81.5 Å². The lowest BCUT2D eigenvalue weighted by Crippen LogP contribution is -2.80. The molecule has 0 radical (unpaired) electrons. The second-order valence-corrected chi connectivity index (χ2v) is 11.6. The first kappa shape index (κ1) is 22.8. The number of Topliss-reactive ketones (excluding diaryl/α,β-unsaturated/α-hetero) is 1. The van der Waals surface area contributed by atoms with Crippen LogP contribution in [0.2, 0.25) is 0 Å². The highest BCUT2D eigenvalue weighted by molar-refractivity contribution is 5.91. The van der Waals surface area contributed by atoms with Gasteiger partial charge in [0.15, 0.2) is 11.9 Å². The summed E-state index contributed by atoms with van der Waals surface area (Å²) in [5.41, 5.74) is 0.475. The smallest absolute Gasteiger partial charge is 0.326 e. The number of aliphatic carboxylic acids is 2. The van der Waals surface area contributed by atoms with Gasteiger partial charge in [0, 0.05) is 37.2 Å². The molecule has 4 N–H and O–H groups in total. The van der Waals surface area contributed by atoms with Crippen molar-refractivity contribution in [1.29, 1.82) is 0 Å². The molecule has 2 saturated carbocycles. The van der Waals surface area contributed by atoms with E-state index in [2.05, 4.69) is 12.4 Å². The molecule has 1 aromatic rings. The molecule has 6 atom stereocenters. The van der Waals surface area contributed by atoms with Crippen LogP contribution in [0.4, 0.5) is 5.69 Å². The van der Waals surface area contributed by atoms with Crippen molar-refractivity contribution < 1.29 is 38.9 Å². The van der Waals surface area contributed by atoms with E-state index in [0.29, 0.717) is 36.6 Å². The predicted molar refractivity (Wildman–Crippen MR) is 124 cm³/mol. The second kappa shape index (κ2) is 7.43. The number of rotatable bonds is 8. The quantitative estimate of drug-likeness (QED) is 0.409. The molecule has 0 amide bonds. The minimum absolute atomic E-state index is 0.0117. The maximum absolute atomic E-state index is 13.2. The summed E-state index contributed by atoms with van der Waals surface area (Å²) in [5, 5.41) is 34.1. The van der Waals surface area contributed by atoms with Gasteiger partial charge in [0.1, 0.15) is 23.4 Å². The van der Waals surface area contributed by atoms with Gasteiger partial charge < -0.3 is 29.9 Å². The Morgan fingerprint density at radius 3 is 2.71 bits per heavy atom. The number of nitrogens with zero attached hydrogens (tertiary/aromatic N) is 1. The zero-order valence-electron chi connectivity index (χ0n) is 20.0. The largest absolute Gasteiger partial charge is 0.481 e. The first-order valence-corrected chi connectivity index (χ1v) is 12.7. The van der Waals surface area contributed by atoms with E-state index < -0.39 is 35.1 Å². The third-order valence-corrected chi connectivity index (χ3v) is 9.57. The Hall–Kier alpha value is -2.65. The average molecular weight is 486 g/mol. The number of ether oxygens (including phenoxy) is 1. The molecule has 35 heavy (non-hydrogen) atoms. The number of benzene rings is 1. The van der Waals surface area contributed by atoms with E-state index in [-0.39, 0.29) is 31.1 Å². The van der Waals surface area contributed by atoms with E-state index in [1.807, 2.05) is 6.07 Å². The summed E-state index contributed by atoms with van der Waals surface area (Å²) in [4.78, 5) is 36.1. The highest BCUT2D eigenvalue weighted by Crippen LogP contribution is 2.65. The number of carboxylic acid groups (broad SMARTS) is 2. The molecule has 9 heteroatoms. The number of carbonyl (C=O) groups excluding carboxylic acids is 1. The number of carboxylic acids is 2. The van der Waals surface area contributed by atoms with Crippen LogP contribution in [-0.2, 0) is 26.2 Å². The van der Waals surface area contributed by atoms with Crippen molar-refractivity contribution in [2.24, 2.45) is 5.92 Å². The molecule has 2 heterocycles. The number of aliphatic hydroxyl groups is 1. The minimum Gasteiger partial charge on any atom is -0.481 e. The van der Waals surface area contributed by atoms with Crippen molar-refractivity contribution in [3.05, 3.63) is 23.3 Å². The zero-order valence-corrected chi connectivity index (χ0v) is 20.0. The maximum Gasteiger partial charge on any atom is 0.326 e. The van der Waals surface area contributed by atoms with Gasteiger partial charge in [-0.15, -0.1) is 0 Å². The molecule has 2 bridgehead atoms. The van der Waals surface area contributed by atoms with Crippen LogP contribution in [0.3, 0.4) is 0 Å². The summed E-state index contributed by atoms with van der Waals surface area (Å²) < 4.78 is 7.18. The fraction of sp³-hybridized carbons (Fsp3) is 0.654. The molecule has 1 aromatic carbocycles. The number of hydrogen-bond donors (Lipinski definition) is 4. The summed E-state index contributed by atoms with van der Waals surface area (Å²) in [6.45, 7) is 1.91. The summed E-state index contributed by atoms with van der Waals surface area (Å²) in [5.74, 6) is -1.06. The first-order chi connectivity index (χ1) is 16.6. The Morgan fingerprint density at radius 1 is 1.26 bits per heavy atom. The molecule has 6 rings (SSSR count). The Bertz CT molecular complexity index is 1130. The molecule has 3 aliphatic carbocycles. The number of likely N-dealkylation sites (N-methyl/N-ethyl adjacent to an activating group) is 1. The van der Waals surface area contributed by atoms with Crippen LogP contribution in [0.15, 0.2) is 12.1 Å². The molecular weight excluding hydrogens is 452 g/mol. The Morgan fingerprint density at radius 2 is 2.03 bits per heavy atom. The fourth-order valence-corrected chi connectivity index (χ4v) is 7.78. The standard InChI is InChI=1S/C26H32N2O7/c1-28(13-14-2-3-14)11-10-25-21-15-4-5-16(27-17(24(32)33)6-7-20(30)31)22(21)35-23(25)18(29)8-9-26(25,34)19(28)12-15/h4-5,14,17,19,23,27,34H,2-3,6-13H2,1H3,(H-,30,31,32,33)/p+1/t17-,19-,23-,25-,26+,28+/m0/s1. The number of likely N-dealkylation sites (tertiary alicyclic amines) is 1. The van der Waals surface area contributed by atoms with Crippen LogP contribution < -0.4 is 10.1 Å². The molecule has 0 unspecified atom stereocenters. The number of anilines is 1. The summed E-state index contributed by atoms with van der Waals surface area (Å²) in [7, 11) is 2.26. The van der Waals surface area contributed by atoms with Gasteiger partial charge in [0.05, 0.1) is 31.2 Å². The van der Waals surface area contributed by atoms with Crippen LogP contribution in [0, 0.1) is 5.92 Å². The molecule has 1 spiro atoms. The number of carbonyl (C=O) groups is 3. The van der Waals surface area contributed by atoms with Gasteiger partial charge >= 0.3 is 11.9 Å². The molecule has 0 aromatic heterocycles. The topological polar surface area (TPSA) is 133 Å². The Labute approximate surface area is 203 Å². The highest BCUT2D eigenvalue weighted by atomic mass is 16.5. The van der Waals surface area contributed by atoms with E-state index in [4.69, 9.17) is 9.84 Å². The molecule has 188 valence electrons. The van der Waals surface area contributed by atoms with Crippen LogP contribution >= 0.6 is 0 Å². The van der Waals surface area contributed by atoms with Gasteiger partial charge in [-0.05, 0) is 37.3 Å². The molecule has 5 aliphatic rings. The summed E-state index contributed by atoms with van der Waals surface area (Å²) in [6, 6.07) is 2.63. The van der Waals surface area contributed by atoms with Gasteiger partial charge in [-0.25, -0.2) is 4.79 Å². The van der Waals surface area contributed by atoms with Gasteiger partial charge in [0.25, 0.3) is 0 Å². The van der Waals surface area contributed by atoms with Crippen molar-refractivity contribution >= 4 is 23.4 Å². The average Bonchev–Trinajstić information content (AvgIpc) is 3.52. The summed E-state index contributed by atoms with van der Waals surface area (Å²) >= 11 is 0. The van der Waals surface area contributed by atoms with Crippen molar-refractivity contribution in [2.75, 3.05) is 25.5 Å². The second-order valence-electron chi connectivity index (χ2n) is 11.6. The van der Waals surface area contributed by atoms with E-state index >= 15 is 0 Å². The van der Waals surface area contributed by atoms with Gasteiger partial charge in [0.2, 0.25) is 0 Å². The van der Waals surface area contributed by atoms with Crippen LogP contribution in [0.5, 0.6) is 5.75 Å². The van der Waals surface area contributed by atoms with E-state index in [9.17, 15) is 24.6 Å². The number of hydrogen-bond acceptors (Lipinski definition) is 6. The lowest BCUT2D eigenvalue weighted by molar-refractivity contribution is -0.950. The van der Waals surface area contributed by atoms with Gasteiger partial charge in [-0.2, -0.15) is 0 Å². The van der Waals surface area contributed by atoms with Gasteiger partial charge in [-0.1, -0.05) is 6.07 Å². The van der Waals surface area contributed by atoms with Gasteiger partial charge in [-0.3, -0.25) is 9.59 Å². The summed E-state index contributed by atoms with van der Waals surface area (Å²) in [6.07, 6.45) is 3.37. The SMILES string of the molecule is C[N@+]1(CC2CC2)CC[C@]23c4c5ccc(N[C@@H](CCC(=O)O)C(=O)O)c4O[C@H]2C(=O)CC[C@@]3(O)[C@@H]1C5. The third-order valence-electron chi connectivity index (χ3n) is 9.57. The maximum atomic E-state index is 13.2. The molecule has 9 nitrogen and oxygen atoms in total. The first-order valence-electron chi connectivity index (χ1n) is 12.7. The Balaban J connectivity index is 1.44. The lowest BCUT2D eigenvalue weighted by atomic mass is 9.48. The number of quaternary nitrogens is 1. The fourth-order valence-electron chi connectivity index (χ4n) is 7.78. The number of nitrogens with one attached hydrogen (secondary N) is 1. The van der Waals surface area contributed by atoms with Crippen molar-refractivity contribution in [2.45, 2.75) is 80.6 Å². The monoisotopic (exact) mass is 485 g/mol. The highest BCUT2D eigenvalue weighted by Gasteiger charge is 2.76. The number of piperidine rings is 1. The minimum atomic E-state index is -1.15. The normalized spacial score (nSPS) is 37.3. The molecule has 3 fully saturated rings. The van der Waals surface area contributed by atoms with Crippen LogP contribution in [0.1, 0.15) is 56.1 Å². The Kier molecular flexibility index (Phi) is 4.84. The van der Waals surface area contributed by atoms with E-state index in [1.54, 1.807) is 6.07 Å².